The SMILES string of the molecule is CC#C[C@@H](CC#N)c1ccc(OCc2ccc3scc(-c4cccc(OCCOC)c4C)c3c2)cc1. The summed E-state index contributed by atoms with van der Waals surface area (Å²) in [6, 6.07) is 22.8. The summed E-state index contributed by atoms with van der Waals surface area (Å²) in [5, 5.41) is 12.5. The summed E-state index contributed by atoms with van der Waals surface area (Å²) in [6.45, 7) is 5.46. The van der Waals surface area contributed by atoms with Gasteiger partial charge in [-0.05, 0) is 71.8 Å². The third-order valence-electron chi connectivity index (χ3n) is 6.06. The first-order valence-corrected chi connectivity index (χ1v) is 12.8. The Kier molecular flexibility index (Phi) is 8.63. The number of hydrogen-bond donors (Lipinski definition) is 0. The summed E-state index contributed by atoms with van der Waals surface area (Å²) in [6.07, 6.45) is 0.381. The smallest absolute Gasteiger partial charge is 0.122 e. The lowest BCUT2D eigenvalue weighted by molar-refractivity contribution is 0.146. The zero-order valence-corrected chi connectivity index (χ0v) is 21.7. The van der Waals surface area contributed by atoms with Crippen LogP contribution in [-0.4, -0.2) is 20.3 Å². The topological polar surface area (TPSA) is 51.5 Å². The highest BCUT2D eigenvalue weighted by atomic mass is 32.1. The van der Waals surface area contributed by atoms with Crippen molar-refractivity contribution in [1.82, 2.24) is 0 Å². The minimum atomic E-state index is -0.0687. The molecule has 5 heteroatoms. The molecule has 4 aromatic rings. The highest BCUT2D eigenvalue weighted by molar-refractivity contribution is 7.17. The van der Waals surface area contributed by atoms with Gasteiger partial charge in [0.05, 0.1) is 25.0 Å². The van der Waals surface area contributed by atoms with Crippen LogP contribution in [0, 0.1) is 30.1 Å². The summed E-state index contributed by atoms with van der Waals surface area (Å²) in [7, 11) is 1.68. The molecule has 1 heterocycles. The maximum atomic E-state index is 9.06. The Bertz CT molecular complexity index is 1420. The summed E-state index contributed by atoms with van der Waals surface area (Å²) in [5.74, 6) is 7.63. The van der Waals surface area contributed by atoms with Crippen LogP contribution >= 0.6 is 11.3 Å². The van der Waals surface area contributed by atoms with Gasteiger partial charge in [0.15, 0.2) is 0 Å². The quantitative estimate of drug-likeness (QED) is 0.169. The highest BCUT2D eigenvalue weighted by Crippen LogP contribution is 2.38. The van der Waals surface area contributed by atoms with Crippen molar-refractivity contribution < 1.29 is 14.2 Å². The standard InChI is InChI=1S/C31H29NO3S/c1-4-6-24(15-16-32)25-10-12-26(13-11-25)35-20-23-9-14-31-28(19-23)29(21-36-31)27-7-5-8-30(22(27)2)34-18-17-33-3/h5,7-14,19,21,24H,15,17-18,20H2,1-3H3/t24-/m0/s1. The number of fused-ring (bicyclic) bond motifs is 1. The van der Waals surface area contributed by atoms with Crippen molar-refractivity contribution in [3.05, 3.63) is 82.7 Å². The van der Waals surface area contributed by atoms with Crippen LogP contribution in [-0.2, 0) is 11.3 Å². The van der Waals surface area contributed by atoms with E-state index in [2.05, 4.69) is 54.5 Å². The van der Waals surface area contributed by atoms with E-state index >= 15 is 0 Å². The average molecular weight is 496 g/mol. The molecule has 3 aromatic carbocycles. The van der Waals surface area contributed by atoms with Gasteiger partial charge in [0, 0.05) is 22.8 Å². The van der Waals surface area contributed by atoms with Gasteiger partial charge in [-0.15, -0.1) is 17.3 Å². The predicted octanol–water partition coefficient (Wildman–Crippen LogP) is 7.50. The number of hydrogen-bond acceptors (Lipinski definition) is 5. The van der Waals surface area contributed by atoms with Crippen molar-refractivity contribution in [2.75, 3.05) is 20.3 Å². The van der Waals surface area contributed by atoms with Crippen molar-refractivity contribution in [2.24, 2.45) is 0 Å². The monoisotopic (exact) mass is 495 g/mol. The van der Waals surface area contributed by atoms with Gasteiger partial charge in [0.1, 0.15) is 24.7 Å². The number of benzene rings is 3. The lowest BCUT2D eigenvalue weighted by Crippen LogP contribution is -2.05. The van der Waals surface area contributed by atoms with Gasteiger partial charge in [0.2, 0.25) is 0 Å². The van der Waals surface area contributed by atoms with Crippen molar-refractivity contribution in [3.63, 3.8) is 0 Å². The molecule has 0 N–H and O–H groups in total. The molecule has 0 aliphatic rings. The van der Waals surface area contributed by atoms with E-state index in [4.69, 9.17) is 19.5 Å². The van der Waals surface area contributed by atoms with E-state index in [1.807, 2.05) is 36.4 Å². The molecular weight excluding hydrogens is 466 g/mol. The van der Waals surface area contributed by atoms with E-state index in [0.717, 1.165) is 28.2 Å². The Hall–Kier alpha value is -3.77. The van der Waals surface area contributed by atoms with E-state index in [1.54, 1.807) is 25.4 Å². The van der Waals surface area contributed by atoms with Crippen LogP contribution in [0.25, 0.3) is 21.2 Å². The molecular formula is C31H29NO3S. The van der Waals surface area contributed by atoms with E-state index in [9.17, 15) is 0 Å². The Balaban J connectivity index is 1.51. The molecule has 1 atom stereocenters. The first-order valence-electron chi connectivity index (χ1n) is 11.9. The third kappa shape index (κ3) is 5.89. The molecule has 4 rings (SSSR count). The van der Waals surface area contributed by atoms with Crippen LogP contribution in [0.2, 0.25) is 0 Å². The van der Waals surface area contributed by atoms with Gasteiger partial charge in [-0.3, -0.25) is 0 Å². The van der Waals surface area contributed by atoms with E-state index < -0.39 is 0 Å². The van der Waals surface area contributed by atoms with E-state index in [-0.39, 0.29) is 5.92 Å². The number of nitrogens with zero attached hydrogens (tertiary/aromatic N) is 1. The Morgan fingerprint density at radius 3 is 2.56 bits per heavy atom. The third-order valence-corrected chi connectivity index (χ3v) is 7.02. The minimum Gasteiger partial charge on any atom is -0.491 e. The molecule has 0 aliphatic heterocycles. The van der Waals surface area contributed by atoms with Crippen molar-refractivity contribution in [3.8, 4) is 40.5 Å². The lowest BCUT2D eigenvalue weighted by atomic mass is 9.97. The second-order valence-corrected chi connectivity index (χ2v) is 9.33. The predicted molar refractivity (Wildman–Crippen MR) is 147 cm³/mol. The van der Waals surface area contributed by atoms with Gasteiger partial charge in [-0.25, -0.2) is 0 Å². The molecule has 0 saturated carbocycles. The zero-order chi connectivity index (χ0) is 25.3. The fourth-order valence-electron chi connectivity index (χ4n) is 4.15. The maximum Gasteiger partial charge on any atom is 0.122 e. The normalized spacial score (nSPS) is 11.4. The fraction of sp³-hybridized carbons (Fsp3) is 0.258. The van der Waals surface area contributed by atoms with Crippen LogP contribution in [0.5, 0.6) is 11.5 Å². The Morgan fingerprint density at radius 1 is 0.972 bits per heavy atom. The molecule has 0 amide bonds. The van der Waals surface area contributed by atoms with Crippen LogP contribution in [0.3, 0.4) is 0 Å². The van der Waals surface area contributed by atoms with Gasteiger partial charge >= 0.3 is 0 Å². The first kappa shape index (κ1) is 25.3. The van der Waals surface area contributed by atoms with Crippen LogP contribution in [0.4, 0.5) is 0 Å². The van der Waals surface area contributed by atoms with Gasteiger partial charge < -0.3 is 14.2 Å². The van der Waals surface area contributed by atoms with E-state index in [0.29, 0.717) is 26.2 Å². The van der Waals surface area contributed by atoms with Crippen molar-refractivity contribution in [1.29, 1.82) is 5.26 Å². The summed E-state index contributed by atoms with van der Waals surface area (Å²) in [5.41, 5.74) is 5.64. The van der Waals surface area contributed by atoms with Crippen LogP contribution in [0.1, 0.15) is 36.0 Å². The number of methoxy groups -OCH3 is 1. The molecule has 0 unspecified atom stereocenters. The van der Waals surface area contributed by atoms with Gasteiger partial charge in [-0.1, -0.05) is 36.3 Å². The summed E-state index contributed by atoms with van der Waals surface area (Å²) in [4.78, 5) is 0. The van der Waals surface area contributed by atoms with Crippen molar-refractivity contribution >= 4 is 21.4 Å². The summed E-state index contributed by atoms with van der Waals surface area (Å²) < 4.78 is 18.4. The molecule has 1 aromatic heterocycles. The number of rotatable bonds is 10. The van der Waals surface area contributed by atoms with Gasteiger partial charge in [0.25, 0.3) is 0 Å². The lowest BCUT2D eigenvalue weighted by Gasteiger charge is -2.13. The molecule has 0 bridgehead atoms. The summed E-state index contributed by atoms with van der Waals surface area (Å²) >= 11 is 1.74. The minimum absolute atomic E-state index is 0.0687. The van der Waals surface area contributed by atoms with Crippen LogP contribution < -0.4 is 9.47 Å². The molecule has 0 aliphatic carbocycles. The fourth-order valence-corrected chi connectivity index (χ4v) is 5.09. The molecule has 0 radical (unpaired) electrons. The maximum absolute atomic E-state index is 9.06. The molecule has 0 saturated heterocycles. The zero-order valence-electron chi connectivity index (χ0n) is 20.8. The molecule has 0 fully saturated rings. The number of nitriles is 1. The molecule has 4 nitrogen and oxygen atoms in total. The molecule has 36 heavy (non-hydrogen) atoms. The number of ether oxygens (including phenoxy) is 3. The largest absolute Gasteiger partial charge is 0.491 e. The van der Waals surface area contributed by atoms with E-state index in [1.165, 1.54) is 21.2 Å². The van der Waals surface area contributed by atoms with Crippen LogP contribution in [0.15, 0.2) is 66.0 Å². The second-order valence-electron chi connectivity index (χ2n) is 8.42. The average Bonchev–Trinajstić information content (AvgIpc) is 3.32. The van der Waals surface area contributed by atoms with Crippen molar-refractivity contribution in [2.45, 2.75) is 32.8 Å². The molecule has 0 spiro atoms. The highest BCUT2D eigenvalue weighted by Gasteiger charge is 2.13. The molecule has 182 valence electrons. The Labute approximate surface area is 217 Å². The number of thiophene rings is 1. The van der Waals surface area contributed by atoms with Gasteiger partial charge in [-0.2, -0.15) is 5.26 Å². The second kappa shape index (κ2) is 12.3. The first-order chi connectivity index (χ1) is 17.6. The Morgan fingerprint density at radius 2 is 1.81 bits per heavy atom.